The highest BCUT2D eigenvalue weighted by atomic mass is 35.5. The fraction of sp³-hybridized carbons (Fsp3) is 0.583. The number of rotatable bonds is 2. The van der Waals surface area contributed by atoms with Crippen LogP contribution in [0.2, 0.25) is 5.28 Å². The van der Waals surface area contributed by atoms with Gasteiger partial charge < -0.3 is 15.0 Å². The monoisotopic (exact) mass is 281 g/mol. The molecule has 19 heavy (non-hydrogen) atoms. The van der Waals surface area contributed by atoms with Crippen LogP contribution in [-0.2, 0) is 0 Å². The summed E-state index contributed by atoms with van der Waals surface area (Å²) in [5, 5.41) is 9.79. The summed E-state index contributed by atoms with van der Waals surface area (Å²) in [6.45, 7) is 0.990. The van der Waals surface area contributed by atoms with E-state index in [0.717, 1.165) is 37.1 Å². The van der Waals surface area contributed by atoms with Gasteiger partial charge in [-0.05, 0) is 24.4 Å². The van der Waals surface area contributed by atoms with Crippen LogP contribution in [-0.4, -0.2) is 44.2 Å². The average Bonchev–Trinajstić information content (AvgIpc) is 2.74. The van der Waals surface area contributed by atoms with Gasteiger partial charge in [0.1, 0.15) is 5.52 Å². The van der Waals surface area contributed by atoms with Gasteiger partial charge in [0.25, 0.3) is 0 Å². The molecule has 102 valence electrons. The molecule has 0 aliphatic carbocycles. The first-order chi connectivity index (χ1) is 9.29. The van der Waals surface area contributed by atoms with Crippen LogP contribution in [0.3, 0.4) is 0 Å². The fourth-order valence-corrected chi connectivity index (χ4v) is 2.81. The van der Waals surface area contributed by atoms with Gasteiger partial charge in [-0.2, -0.15) is 9.97 Å². The molecule has 1 saturated heterocycles. The molecule has 0 saturated carbocycles. The summed E-state index contributed by atoms with van der Waals surface area (Å²) < 4.78 is 0. The average molecular weight is 282 g/mol. The molecule has 2 N–H and O–H groups in total. The van der Waals surface area contributed by atoms with E-state index >= 15 is 0 Å². The molecule has 3 rings (SSSR count). The lowest BCUT2D eigenvalue weighted by atomic mass is 10.1. The number of H-pyrrole nitrogens is 1. The van der Waals surface area contributed by atoms with Crippen molar-refractivity contribution in [2.75, 3.05) is 18.1 Å². The molecular formula is C12H16ClN5O. The Morgan fingerprint density at radius 1 is 1.37 bits per heavy atom. The molecule has 6 nitrogen and oxygen atoms in total. The Kier molecular flexibility index (Phi) is 3.52. The smallest absolute Gasteiger partial charge is 0.226 e. The zero-order valence-corrected chi connectivity index (χ0v) is 11.3. The molecule has 1 aliphatic heterocycles. The fourth-order valence-electron chi connectivity index (χ4n) is 2.65. The topological polar surface area (TPSA) is 77.9 Å². The van der Waals surface area contributed by atoms with E-state index in [4.69, 9.17) is 11.6 Å². The Morgan fingerprint density at radius 3 is 3.11 bits per heavy atom. The predicted octanol–water partition coefficient (Wildman–Crippen LogP) is 1.75. The van der Waals surface area contributed by atoms with Crippen molar-refractivity contribution in [3.63, 3.8) is 0 Å². The van der Waals surface area contributed by atoms with Crippen molar-refractivity contribution in [2.24, 2.45) is 0 Å². The molecule has 1 aliphatic rings. The van der Waals surface area contributed by atoms with E-state index in [1.165, 1.54) is 6.42 Å². The van der Waals surface area contributed by atoms with E-state index in [9.17, 15) is 5.11 Å². The minimum atomic E-state index is 0.0833. The van der Waals surface area contributed by atoms with Gasteiger partial charge in [0.2, 0.25) is 5.28 Å². The van der Waals surface area contributed by atoms with Crippen molar-refractivity contribution in [3.8, 4) is 0 Å². The Labute approximate surface area is 115 Å². The molecule has 0 bridgehead atoms. The Morgan fingerprint density at radius 2 is 2.26 bits per heavy atom. The molecular weight excluding hydrogens is 266 g/mol. The number of hydrogen-bond acceptors (Lipinski definition) is 5. The first kappa shape index (κ1) is 12.6. The number of fused-ring (bicyclic) bond motifs is 1. The molecule has 2 aromatic heterocycles. The number of anilines is 1. The largest absolute Gasteiger partial charge is 0.394 e. The molecule has 0 radical (unpaired) electrons. The standard InChI is InChI=1S/C12H16ClN5O/c13-12-16-10-9(14-7-15-10)11(17-12)18-5-3-1-2-4-8(18)6-19/h7-8,19H,1-6H2,(H,14,15,16,17). The van der Waals surface area contributed by atoms with E-state index in [1.807, 2.05) is 0 Å². The summed E-state index contributed by atoms with van der Waals surface area (Å²) in [7, 11) is 0. The normalized spacial score (nSPS) is 20.7. The zero-order valence-electron chi connectivity index (χ0n) is 10.5. The van der Waals surface area contributed by atoms with Crippen LogP contribution in [0.1, 0.15) is 25.7 Å². The molecule has 0 amide bonds. The highest BCUT2D eigenvalue weighted by Gasteiger charge is 2.24. The van der Waals surface area contributed by atoms with Crippen molar-refractivity contribution >= 4 is 28.6 Å². The summed E-state index contributed by atoms with van der Waals surface area (Å²) in [6.07, 6.45) is 5.96. The number of aromatic amines is 1. The number of aromatic nitrogens is 4. The van der Waals surface area contributed by atoms with Crippen molar-refractivity contribution in [3.05, 3.63) is 11.6 Å². The van der Waals surface area contributed by atoms with Crippen LogP contribution < -0.4 is 4.90 Å². The maximum atomic E-state index is 9.60. The van der Waals surface area contributed by atoms with E-state index in [0.29, 0.717) is 5.65 Å². The van der Waals surface area contributed by atoms with Crippen molar-refractivity contribution < 1.29 is 5.11 Å². The van der Waals surface area contributed by atoms with Crippen molar-refractivity contribution in [1.29, 1.82) is 0 Å². The van der Waals surface area contributed by atoms with Crippen molar-refractivity contribution in [2.45, 2.75) is 31.7 Å². The lowest BCUT2D eigenvalue weighted by molar-refractivity contribution is 0.254. The summed E-state index contributed by atoms with van der Waals surface area (Å²) >= 11 is 5.97. The van der Waals surface area contributed by atoms with Crippen LogP contribution in [0.5, 0.6) is 0 Å². The molecule has 0 spiro atoms. The second-order valence-electron chi connectivity index (χ2n) is 4.80. The number of nitrogens with one attached hydrogen (secondary N) is 1. The van der Waals surface area contributed by atoms with Gasteiger partial charge in [-0.1, -0.05) is 12.8 Å². The van der Waals surface area contributed by atoms with Gasteiger partial charge >= 0.3 is 0 Å². The van der Waals surface area contributed by atoms with E-state index in [1.54, 1.807) is 6.33 Å². The van der Waals surface area contributed by atoms with Crippen LogP contribution in [0, 0.1) is 0 Å². The molecule has 1 unspecified atom stereocenters. The van der Waals surface area contributed by atoms with Gasteiger partial charge in [0.15, 0.2) is 11.5 Å². The Hall–Kier alpha value is -1.40. The molecule has 3 heterocycles. The predicted molar refractivity (Wildman–Crippen MR) is 73.4 cm³/mol. The lowest BCUT2D eigenvalue weighted by Gasteiger charge is -2.29. The molecule has 7 heteroatoms. The maximum absolute atomic E-state index is 9.60. The van der Waals surface area contributed by atoms with Gasteiger partial charge in [0, 0.05) is 6.54 Å². The van der Waals surface area contributed by atoms with E-state index in [2.05, 4.69) is 24.8 Å². The van der Waals surface area contributed by atoms with Gasteiger partial charge in [-0.25, -0.2) is 4.98 Å². The highest BCUT2D eigenvalue weighted by Crippen LogP contribution is 2.28. The van der Waals surface area contributed by atoms with Gasteiger partial charge in [-0.15, -0.1) is 0 Å². The highest BCUT2D eigenvalue weighted by molar-refractivity contribution is 6.28. The van der Waals surface area contributed by atoms with Crippen LogP contribution in [0.4, 0.5) is 5.82 Å². The number of imidazole rings is 1. The number of halogens is 1. The Balaban J connectivity index is 2.07. The maximum Gasteiger partial charge on any atom is 0.226 e. The number of aliphatic hydroxyl groups excluding tert-OH is 1. The summed E-state index contributed by atoms with van der Waals surface area (Å²) in [4.78, 5) is 17.7. The minimum absolute atomic E-state index is 0.0833. The third-order valence-electron chi connectivity index (χ3n) is 3.60. The summed E-state index contributed by atoms with van der Waals surface area (Å²) in [6, 6.07) is 0.0833. The number of aliphatic hydroxyl groups is 1. The SMILES string of the molecule is OCC1CCCCCN1c1nc(Cl)nc2nc[nH]c12. The van der Waals surface area contributed by atoms with E-state index in [-0.39, 0.29) is 17.9 Å². The first-order valence-electron chi connectivity index (χ1n) is 6.53. The summed E-state index contributed by atoms with van der Waals surface area (Å²) in [5.41, 5.74) is 1.35. The first-order valence-corrected chi connectivity index (χ1v) is 6.91. The second kappa shape index (κ2) is 5.30. The molecule has 1 atom stereocenters. The molecule has 1 fully saturated rings. The Bertz CT molecular complexity index is 572. The zero-order chi connectivity index (χ0) is 13.2. The number of nitrogens with zero attached hydrogens (tertiary/aromatic N) is 4. The second-order valence-corrected chi connectivity index (χ2v) is 5.13. The molecule has 0 aromatic carbocycles. The number of hydrogen-bond donors (Lipinski definition) is 2. The van der Waals surface area contributed by atoms with Crippen molar-refractivity contribution in [1.82, 2.24) is 19.9 Å². The minimum Gasteiger partial charge on any atom is -0.394 e. The third kappa shape index (κ3) is 2.37. The van der Waals surface area contributed by atoms with Crippen LogP contribution in [0.15, 0.2) is 6.33 Å². The quantitative estimate of drug-likeness (QED) is 0.820. The van der Waals surface area contributed by atoms with Gasteiger partial charge in [0.05, 0.1) is 19.0 Å². The lowest BCUT2D eigenvalue weighted by Crippen LogP contribution is -2.38. The third-order valence-corrected chi connectivity index (χ3v) is 3.77. The van der Waals surface area contributed by atoms with E-state index < -0.39 is 0 Å². The van der Waals surface area contributed by atoms with Gasteiger partial charge in [-0.3, -0.25) is 0 Å². The summed E-state index contributed by atoms with van der Waals surface area (Å²) in [5.74, 6) is 0.744. The molecule has 2 aromatic rings. The van der Waals surface area contributed by atoms with Crippen LogP contribution in [0.25, 0.3) is 11.2 Å². The van der Waals surface area contributed by atoms with Crippen LogP contribution >= 0.6 is 11.6 Å².